The van der Waals surface area contributed by atoms with Crippen LogP contribution in [0.25, 0.3) is 0 Å². The molecule has 1 aliphatic rings. The van der Waals surface area contributed by atoms with Gasteiger partial charge in [0, 0.05) is 49.3 Å². The molecule has 1 saturated heterocycles. The molecule has 128 valence electrons. The number of hydrogen-bond donors (Lipinski definition) is 1. The summed E-state index contributed by atoms with van der Waals surface area (Å²) in [5.74, 6) is 1.42. The molecule has 0 spiro atoms. The van der Waals surface area contributed by atoms with E-state index in [9.17, 15) is 4.79 Å². The van der Waals surface area contributed by atoms with Crippen LogP contribution in [0.2, 0.25) is 5.02 Å². The van der Waals surface area contributed by atoms with Gasteiger partial charge in [-0.3, -0.25) is 9.69 Å². The maximum absolute atomic E-state index is 11.2. The fourth-order valence-corrected chi connectivity index (χ4v) is 3.11. The van der Waals surface area contributed by atoms with Gasteiger partial charge >= 0.3 is 0 Å². The lowest BCUT2D eigenvalue weighted by Crippen LogP contribution is -2.35. The van der Waals surface area contributed by atoms with Gasteiger partial charge in [-0.2, -0.15) is 0 Å². The van der Waals surface area contributed by atoms with E-state index in [-0.39, 0.29) is 18.1 Å². The summed E-state index contributed by atoms with van der Waals surface area (Å²) in [6.07, 6.45) is 1.01. The number of halogens is 1. The highest BCUT2D eigenvalue weighted by atomic mass is 35.5. The summed E-state index contributed by atoms with van der Waals surface area (Å²) < 4.78 is 11.4. The molecular weight excluding hydrogens is 316 g/mol. The predicted octanol–water partition coefficient (Wildman–Crippen LogP) is 2.85. The summed E-state index contributed by atoms with van der Waals surface area (Å²) in [7, 11) is 1.62. The molecule has 1 atom stereocenters. The lowest BCUT2D eigenvalue weighted by atomic mass is 10.1. The number of methoxy groups -OCH3 is 1. The predicted molar refractivity (Wildman–Crippen MR) is 91.3 cm³/mol. The number of carbonyl (C=O) groups excluding carboxylic acids is 1. The summed E-state index contributed by atoms with van der Waals surface area (Å²) in [4.78, 5) is 13.5. The van der Waals surface area contributed by atoms with Crippen molar-refractivity contribution < 1.29 is 14.3 Å². The zero-order valence-corrected chi connectivity index (χ0v) is 14.9. The number of nitrogens with zero attached hydrogens (tertiary/aromatic N) is 1. The molecule has 0 unspecified atom stereocenters. The molecule has 1 amide bonds. The summed E-state index contributed by atoms with van der Waals surface area (Å²) in [6, 6.07) is 3.91. The number of ether oxygens (including phenoxy) is 2. The van der Waals surface area contributed by atoms with E-state index in [1.807, 2.05) is 19.9 Å². The quantitative estimate of drug-likeness (QED) is 0.865. The van der Waals surface area contributed by atoms with Crippen LogP contribution in [0.4, 0.5) is 0 Å². The minimum absolute atomic E-state index is 0.0186. The number of benzene rings is 1. The molecule has 0 aromatic heterocycles. The summed E-state index contributed by atoms with van der Waals surface area (Å²) in [5.41, 5.74) is 1.01. The zero-order valence-electron chi connectivity index (χ0n) is 14.2. The van der Waals surface area contributed by atoms with Gasteiger partial charge in [0.25, 0.3) is 0 Å². The fraction of sp³-hybridized carbons (Fsp3) is 0.588. The smallest absolute Gasteiger partial charge is 0.217 e. The average molecular weight is 341 g/mol. The van der Waals surface area contributed by atoms with Crippen molar-refractivity contribution in [2.75, 3.05) is 20.2 Å². The molecule has 0 aliphatic carbocycles. The van der Waals surface area contributed by atoms with Crippen molar-refractivity contribution in [2.45, 2.75) is 45.9 Å². The number of carbonyl (C=O) groups is 1. The third-order valence-electron chi connectivity index (χ3n) is 3.74. The molecule has 1 aromatic rings. The van der Waals surface area contributed by atoms with E-state index < -0.39 is 0 Å². The first kappa shape index (κ1) is 17.9. The third kappa shape index (κ3) is 5.01. The summed E-state index contributed by atoms with van der Waals surface area (Å²) >= 11 is 6.21. The molecule has 1 fully saturated rings. The van der Waals surface area contributed by atoms with Crippen LogP contribution in [-0.4, -0.2) is 43.2 Å². The molecule has 1 aromatic carbocycles. The fourth-order valence-electron chi connectivity index (χ4n) is 2.88. The van der Waals surface area contributed by atoms with E-state index in [2.05, 4.69) is 10.2 Å². The second kappa shape index (κ2) is 7.88. The number of hydrogen-bond acceptors (Lipinski definition) is 4. The van der Waals surface area contributed by atoms with Crippen molar-refractivity contribution >= 4 is 17.5 Å². The normalized spacial score (nSPS) is 18.3. The molecule has 2 rings (SSSR count). The Hall–Kier alpha value is -1.46. The Balaban J connectivity index is 2.15. The van der Waals surface area contributed by atoms with Crippen molar-refractivity contribution in [3.8, 4) is 11.5 Å². The minimum atomic E-state index is 0.0186. The highest BCUT2D eigenvalue weighted by Crippen LogP contribution is 2.36. The molecule has 23 heavy (non-hydrogen) atoms. The van der Waals surface area contributed by atoms with E-state index >= 15 is 0 Å². The molecular formula is C17H25ClN2O3. The van der Waals surface area contributed by atoms with Gasteiger partial charge in [0.15, 0.2) is 11.5 Å². The highest BCUT2D eigenvalue weighted by Gasteiger charge is 2.25. The Morgan fingerprint density at radius 3 is 2.83 bits per heavy atom. The lowest BCUT2D eigenvalue weighted by Gasteiger charge is -2.22. The van der Waals surface area contributed by atoms with Gasteiger partial charge in [0.05, 0.1) is 13.2 Å². The average Bonchev–Trinajstić information content (AvgIpc) is 2.87. The molecule has 1 aliphatic heterocycles. The Bertz CT molecular complexity index is 563. The van der Waals surface area contributed by atoms with Gasteiger partial charge in [0.2, 0.25) is 5.91 Å². The Morgan fingerprint density at radius 2 is 2.22 bits per heavy atom. The second-order valence-corrected chi connectivity index (χ2v) is 6.62. The Morgan fingerprint density at radius 1 is 1.48 bits per heavy atom. The van der Waals surface area contributed by atoms with E-state index in [1.165, 1.54) is 0 Å². The van der Waals surface area contributed by atoms with Crippen LogP contribution in [0.5, 0.6) is 11.5 Å². The van der Waals surface area contributed by atoms with Crippen LogP contribution in [-0.2, 0) is 11.3 Å². The maximum Gasteiger partial charge on any atom is 0.217 e. The maximum atomic E-state index is 11.2. The van der Waals surface area contributed by atoms with Gasteiger partial charge in [-0.15, -0.1) is 0 Å². The molecule has 1 N–H and O–H groups in total. The number of amides is 1. The summed E-state index contributed by atoms with van der Waals surface area (Å²) in [6.45, 7) is 8.01. The molecule has 6 heteroatoms. The summed E-state index contributed by atoms with van der Waals surface area (Å²) in [5, 5.41) is 3.61. The van der Waals surface area contributed by atoms with E-state index in [4.69, 9.17) is 21.1 Å². The van der Waals surface area contributed by atoms with Gasteiger partial charge in [0.1, 0.15) is 0 Å². The molecule has 5 nitrogen and oxygen atoms in total. The first-order valence-corrected chi connectivity index (χ1v) is 8.29. The number of nitrogens with one attached hydrogen (secondary N) is 1. The first-order chi connectivity index (χ1) is 10.9. The van der Waals surface area contributed by atoms with Gasteiger partial charge in [-0.05, 0) is 26.3 Å². The van der Waals surface area contributed by atoms with Gasteiger partial charge in [-0.25, -0.2) is 0 Å². The Kier molecular flexibility index (Phi) is 6.13. The molecule has 0 radical (unpaired) electrons. The number of rotatable bonds is 6. The van der Waals surface area contributed by atoms with E-state index in [1.54, 1.807) is 20.1 Å². The third-order valence-corrected chi connectivity index (χ3v) is 3.96. The first-order valence-electron chi connectivity index (χ1n) is 7.91. The highest BCUT2D eigenvalue weighted by molar-refractivity contribution is 6.30. The van der Waals surface area contributed by atoms with Crippen molar-refractivity contribution in [3.05, 3.63) is 22.7 Å². The second-order valence-electron chi connectivity index (χ2n) is 6.18. The molecule has 0 bridgehead atoms. The van der Waals surface area contributed by atoms with Gasteiger partial charge < -0.3 is 14.8 Å². The number of likely N-dealkylation sites (tertiary alicyclic amines) is 1. The van der Waals surface area contributed by atoms with Crippen molar-refractivity contribution in [1.82, 2.24) is 10.2 Å². The van der Waals surface area contributed by atoms with Crippen LogP contribution < -0.4 is 14.8 Å². The van der Waals surface area contributed by atoms with Crippen LogP contribution in [0.15, 0.2) is 12.1 Å². The lowest BCUT2D eigenvalue weighted by molar-refractivity contribution is -0.119. The van der Waals surface area contributed by atoms with Crippen molar-refractivity contribution in [3.63, 3.8) is 0 Å². The Labute approximate surface area is 142 Å². The monoisotopic (exact) mass is 340 g/mol. The van der Waals surface area contributed by atoms with Crippen LogP contribution in [0, 0.1) is 0 Å². The van der Waals surface area contributed by atoms with Crippen molar-refractivity contribution in [2.24, 2.45) is 0 Å². The zero-order chi connectivity index (χ0) is 17.0. The van der Waals surface area contributed by atoms with Crippen LogP contribution >= 0.6 is 11.6 Å². The molecule has 0 saturated carbocycles. The SMILES string of the molecule is COc1cc(Cl)cc(CN2CC[C@H](NC(C)=O)C2)c1OC(C)C. The minimum Gasteiger partial charge on any atom is -0.493 e. The van der Waals surface area contributed by atoms with E-state index in [0.29, 0.717) is 10.8 Å². The van der Waals surface area contributed by atoms with Crippen molar-refractivity contribution in [1.29, 1.82) is 0 Å². The van der Waals surface area contributed by atoms with E-state index in [0.717, 1.165) is 37.4 Å². The van der Waals surface area contributed by atoms with Gasteiger partial charge in [-0.1, -0.05) is 11.6 Å². The van der Waals surface area contributed by atoms with Crippen LogP contribution in [0.1, 0.15) is 32.8 Å². The molecule has 1 heterocycles. The topological polar surface area (TPSA) is 50.8 Å². The largest absolute Gasteiger partial charge is 0.493 e. The standard InChI is InChI=1S/C17H25ClN2O3/c1-11(2)23-17-13(7-14(18)8-16(17)22-4)9-20-6-5-15(10-20)19-12(3)21/h7-8,11,15H,5-6,9-10H2,1-4H3,(H,19,21)/t15-/m0/s1. The van der Waals surface area contributed by atoms with Crippen LogP contribution in [0.3, 0.4) is 0 Å².